The highest BCUT2D eigenvalue weighted by Gasteiger charge is 2.37. The first-order valence-electron chi connectivity index (χ1n) is 6.76. The van der Waals surface area contributed by atoms with Crippen molar-refractivity contribution in [1.82, 2.24) is 4.90 Å². The Morgan fingerprint density at radius 1 is 1.53 bits per heavy atom. The Morgan fingerprint density at radius 3 is 2.68 bits per heavy atom. The minimum absolute atomic E-state index is 0.144. The third-order valence-electron chi connectivity index (χ3n) is 4.40. The Labute approximate surface area is 128 Å². The lowest BCUT2D eigenvalue weighted by Gasteiger charge is -2.45. The Hall–Kier alpha value is 0.0600. The molecule has 2 N–H and O–H groups in total. The standard InChI is InChI=1S/C14H23BrN2OS/c1-17(8-13-7-11(15)9-19-13)14(10-16)5-3-12(18-2)4-6-14/h7,9,12H,3-6,8,10,16H2,1-2H3. The van der Waals surface area contributed by atoms with Crippen molar-refractivity contribution < 1.29 is 4.74 Å². The van der Waals surface area contributed by atoms with Crippen molar-refractivity contribution in [2.75, 3.05) is 20.7 Å². The summed E-state index contributed by atoms with van der Waals surface area (Å²) in [5, 5.41) is 2.14. The van der Waals surface area contributed by atoms with Crippen LogP contribution in [0.25, 0.3) is 0 Å². The van der Waals surface area contributed by atoms with Crippen molar-refractivity contribution in [2.45, 2.75) is 43.9 Å². The zero-order valence-electron chi connectivity index (χ0n) is 11.7. The number of nitrogens with zero attached hydrogens (tertiary/aromatic N) is 1. The fourth-order valence-electron chi connectivity index (χ4n) is 2.94. The highest BCUT2D eigenvalue weighted by Crippen LogP contribution is 2.35. The molecule has 0 radical (unpaired) electrons. The van der Waals surface area contributed by atoms with E-state index in [0.29, 0.717) is 6.10 Å². The van der Waals surface area contributed by atoms with Gasteiger partial charge in [-0.3, -0.25) is 4.90 Å². The van der Waals surface area contributed by atoms with Gasteiger partial charge in [0, 0.05) is 40.5 Å². The Bertz CT molecular complexity index is 402. The molecule has 0 atom stereocenters. The number of hydrogen-bond acceptors (Lipinski definition) is 4. The summed E-state index contributed by atoms with van der Waals surface area (Å²) in [4.78, 5) is 3.83. The molecule has 1 heterocycles. The highest BCUT2D eigenvalue weighted by atomic mass is 79.9. The normalized spacial score (nSPS) is 27.9. The summed E-state index contributed by atoms with van der Waals surface area (Å²) in [6.45, 7) is 1.71. The molecule has 1 fully saturated rings. The van der Waals surface area contributed by atoms with Gasteiger partial charge in [0.2, 0.25) is 0 Å². The average molecular weight is 347 g/mol. The smallest absolute Gasteiger partial charge is 0.0572 e. The van der Waals surface area contributed by atoms with Gasteiger partial charge in [-0.1, -0.05) is 0 Å². The number of nitrogens with two attached hydrogens (primary N) is 1. The zero-order chi connectivity index (χ0) is 13.9. The Morgan fingerprint density at radius 2 is 2.21 bits per heavy atom. The van der Waals surface area contributed by atoms with Gasteiger partial charge in [-0.15, -0.1) is 11.3 Å². The van der Waals surface area contributed by atoms with Crippen LogP contribution in [0.3, 0.4) is 0 Å². The molecule has 2 rings (SSSR count). The van der Waals surface area contributed by atoms with Gasteiger partial charge < -0.3 is 10.5 Å². The monoisotopic (exact) mass is 346 g/mol. The number of thiophene rings is 1. The van der Waals surface area contributed by atoms with Crippen LogP contribution < -0.4 is 5.73 Å². The van der Waals surface area contributed by atoms with E-state index < -0.39 is 0 Å². The molecule has 1 aromatic heterocycles. The minimum atomic E-state index is 0.144. The molecule has 108 valence electrons. The zero-order valence-corrected chi connectivity index (χ0v) is 14.1. The lowest BCUT2D eigenvalue weighted by atomic mass is 9.79. The topological polar surface area (TPSA) is 38.5 Å². The predicted octanol–water partition coefficient (Wildman–Crippen LogP) is 3.23. The van der Waals surface area contributed by atoms with Gasteiger partial charge in [-0.25, -0.2) is 0 Å². The lowest BCUT2D eigenvalue weighted by Crippen LogP contribution is -2.54. The third kappa shape index (κ3) is 3.58. The molecule has 19 heavy (non-hydrogen) atoms. The molecule has 1 saturated carbocycles. The van der Waals surface area contributed by atoms with Crippen LogP contribution in [-0.2, 0) is 11.3 Å². The average Bonchev–Trinajstić information content (AvgIpc) is 2.84. The predicted molar refractivity (Wildman–Crippen MR) is 84.5 cm³/mol. The van der Waals surface area contributed by atoms with E-state index in [1.165, 1.54) is 9.35 Å². The molecule has 0 spiro atoms. The van der Waals surface area contributed by atoms with Gasteiger partial charge in [0.1, 0.15) is 0 Å². The largest absolute Gasteiger partial charge is 0.381 e. The molecule has 0 saturated heterocycles. The SMILES string of the molecule is COC1CCC(CN)(N(C)Cc2cc(Br)cs2)CC1. The fourth-order valence-corrected chi connectivity index (χ4v) is 4.45. The van der Waals surface area contributed by atoms with E-state index in [1.54, 1.807) is 11.3 Å². The number of rotatable bonds is 5. The van der Waals surface area contributed by atoms with Gasteiger partial charge in [-0.2, -0.15) is 0 Å². The highest BCUT2D eigenvalue weighted by molar-refractivity contribution is 9.10. The van der Waals surface area contributed by atoms with Gasteiger partial charge in [0.15, 0.2) is 0 Å². The summed E-state index contributed by atoms with van der Waals surface area (Å²) < 4.78 is 6.64. The van der Waals surface area contributed by atoms with Crippen LogP contribution in [0.4, 0.5) is 0 Å². The number of hydrogen-bond donors (Lipinski definition) is 1. The second kappa shape index (κ2) is 6.68. The first-order valence-corrected chi connectivity index (χ1v) is 8.44. The maximum Gasteiger partial charge on any atom is 0.0572 e. The first kappa shape index (κ1) is 15.4. The van der Waals surface area contributed by atoms with Gasteiger partial charge in [-0.05, 0) is 54.7 Å². The molecule has 0 aliphatic heterocycles. The summed E-state index contributed by atoms with van der Waals surface area (Å²) in [5.74, 6) is 0. The second-order valence-electron chi connectivity index (χ2n) is 5.45. The number of likely N-dealkylation sites (N-methyl/N-ethyl adjacent to an activating group) is 1. The summed E-state index contributed by atoms with van der Waals surface area (Å²) >= 11 is 5.32. The van der Waals surface area contributed by atoms with Crippen LogP contribution in [0.15, 0.2) is 15.9 Å². The number of methoxy groups -OCH3 is 1. The van der Waals surface area contributed by atoms with Crippen molar-refractivity contribution in [3.8, 4) is 0 Å². The van der Waals surface area contributed by atoms with E-state index in [4.69, 9.17) is 10.5 Å². The number of halogens is 1. The molecule has 1 aliphatic rings. The van der Waals surface area contributed by atoms with Crippen LogP contribution in [0, 0.1) is 0 Å². The van der Waals surface area contributed by atoms with Crippen molar-refractivity contribution in [3.63, 3.8) is 0 Å². The van der Waals surface area contributed by atoms with Crippen LogP contribution in [0.2, 0.25) is 0 Å². The first-order chi connectivity index (χ1) is 9.09. The molecular formula is C14H23BrN2OS. The van der Waals surface area contributed by atoms with E-state index in [1.807, 2.05) is 7.11 Å². The Kier molecular flexibility index (Phi) is 5.43. The van der Waals surface area contributed by atoms with Gasteiger partial charge in [0.05, 0.1) is 6.10 Å². The van der Waals surface area contributed by atoms with Crippen molar-refractivity contribution in [3.05, 3.63) is 20.8 Å². The second-order valence-corrected chi connectivity index (χ2v) is 7.36. The summed E-state index contributed by atoms with van der Waals surface area (Å²) in [5.41, 5.74) is 6.24. The van der Waals surface area contributed by atoms with E-state index in [2.05, 4.69) is 39.3 Å². The Balaban J connectivity index is 2.00. The van der Waals surface area contributed by atoms with Crippen LogP contribution >= 0.6 is 27.3 Å². The molecule has 3 nitrogen and oxygen atoms in total. The lowest BCUT2D eigenvalue weighted by molar-refractivity contribution is 0.000832. The van der Waals surface area contributed by atoms with E-state index in [0.717, 1.165) is 38.8 Å². The summed E-state index contributed by atoms with van der Waals surface area (Å²) in [6, 6.07) is 2.20. The molecule has 0 bridgehead atoms. The van der Waals surface area contributed by atoms with Crippen LogP contribution in [0.1, 0.15) is 30.6 Å². The molecule has 0 unspecified atom stereocenters. The maximum atomic E-state index is 6.10. The molecule has 5 heteroatoms. The van der Waals surface area contributed by atoms with E-state index in [9.17, 15) is 0 Å². The molecule has 1 aliphatic carbocycles. The quantitative estimate of drug-likeness (QED) is 0.889. The number of ether oxygens (including phenoxy) is 1. The summed E-state index contributed by atoms with van der Waals surface area (Å²) in [7, 11) is 4.01. The minimum Gasteiger partial charge on any atom is -0.381 e. The van der Waals surface area contributed by atoms with Crippen LogP contribution in [-0.4, -0.2) is 37.2 Å². The van der Waals surface area contributed by atoms with E-state index >= 15 is 0 Å². The van der Waals surface area contributed by atoms with Gasteiger partial charge in [0.25, 0.3) is 0 Å². The molecule has 0 aromatic carbocycles. The summed E-state index contributed by atoms with van der Waals surface area (Å²) in [6.07, 6.45) is 4.91. The van der Waals surface area contributed by atoms with Crippen molar-refractivity contribution >= 4 is 27.3 Å². The maximum absolute atomic E-state index is 6.10. The molecular weight excluding hydrogens is 324 g/mol. The molecule has 1 aromatic rings. The van der Waals surface area contributed by atoms with E-state index in [-0.39, 0.29) is 5.54 Å². The molecule has 0 amide bonds. The fraction of sp³-hybridized carbons (Fsp3) is 0.714. The van der Waals surface area contributed by atoms with Crippen LogP contribution in [0.5, 0.6) is 0 Å². The van der Waals surface area contributed by atoms with Crippen molar-refractivity contribution in [1.29, 1.82) is 0 Å². The third-order valence-corrected chi connectivity index (χ3v) is 6.08. The van der Waals surface area contributed by atoms with Gasteiger partial charge >= 0.3 is 0 Å². The van der Waals surface area contributed by atoms with Crippen molar-refractivity contribution in [2.24, 2.45) is 5.73 Å².